The van der Waals surface area contributed by atoms with Crippen LogP contribution in [0, 0.1) is 0 Å². The fourth-order valence-electron chi connectivity index (χ4n) is 1.14. The van der Waals surface area contributed by atoms with Crippen LogP contribution >= 0.6 is 0 Å². The van der Waals surface area contributed by atoms with Gasteiger partial charge in [0.25, 0.3) is 5.91 Å². The predicted molar refractivity (Wildman–Crippen MR) is 52.0 cm³/mol. The summed E-state index contributed by atoms with van der Waals surface area (Å²) in [5, 5.41) is 6.34. The standard InChI is InChI=1S/C9H15N3O2/c1-12(4-3-5-14-2)9(13)8-6-10-11-7-8/h6-7H,3-5H2,1-2H3,(H,10,11). The van der Waals surface area contributed by atoms with E-state index in [9.17, 15) is 4.79 Å². The Morgan fingerprint density at radius 1 is 1.71 bits per heavy atom. The Balaban J connectivity index is 2.37. The van der Waals surface area contributed by atoms with E-state index in [0.29, 0.717) is 18.7 Å². The van der Waals surface area contributed by atoms with Gasteiger partial charge in [0.1, 0.15) is 0 Å². The molecule has 0 unspecified atom stereocenters. The number of aromatic amines is 1. The van der Waals surface area contributed by atoms with Crippen molar-refractivity contribution in [2.45, 2.75) is 6.42 Å². The molecule has 0 aromatic carbocycles. The van der Waals surface area contributed by atoms with Gasteiger partial charge >= 0.3 is 0 Å². The third-order valence-electron chi connectivity index (χ3n) is 1.93. The largest absolute Gasteiger partial charge is 0.385 e. The zero-order valence-corrected chi connectivity index (χ0v) is 8.49. The molecule has 1 heterocycles. The molecule has 0 bridgehead atoms. The van der Waals surface area contributed by atoms with Crippen molar-refractivity contribution in [3.8, 4) is 0 Å². The van der Waals surface area contributed by atoms with Crippen molar-refractivity contribution in [3.05, 3.63) is 18.0 Å². The van der Waals surface area contributed by atoms with E-state index < -0.39 is 0 Å². The molecule has 78 valence electrons. The molecule has 0 radical (unpaired) electrons. The third kappa shape index (κ3) is 2.85. The minimum atomic E-state index is -0.0187. The summed E-state index contributed by atoms with van der Waals surface area (Å²) in [5.74, 6) is -0.0187. The molecule has 5 heteroatoms. The number of amides is 1. The highest BCUT2D eigenvalue weighted by atomic mass is 16.5. The number of hydrogen-bond donors (Lipinski definition) is 1. The van der Waals surface area contributed by atoms with Crippen LogP contribution in [0.15, 0.2) is 12.4 Å². The normalized spacial score (nSPS) is 10.1. The van der Waals surface area contributed by atoms with Gasteiger partial charge in [-0.25, -0.2) is 0 Å². The van der Waals surface area contributed by atoms with Gasteiger partial charge in [-0.15, -0.1) is 0 Å². The fourth-order valence-corrected chi connectivity index (χ4v) is 1.14. The Labute approximate surface area is 83.1 Å². The molecule has 1 amide bonds. The Morgan fingerprint density at radius 3 is 3.07 bits per heavy atom. The van der Waals surface area contributed by atoms with E-state index >= 15 is 0 Å². The average molecular weight is 197 g/mol. The number of aromatic nitrogens is 2. The summed E-state index contributed by atoms with van der Waals surface area (Å²) < 4.78 is 4.91. The molecule has 1 aromatic rings. The predicted octanol–water partition coefficient (Wildman–Crippen LogP) is 0.518. The van der Waals surface area contributed by atoms with Crippen LogP contribution < -0.4 is 0 Å². The fraction of sp³-hybridized carbons (Fsp3) is 0.556. The summed E-state index contributed by atoms with van der Waals surface area (Å²) in [6.45, 7) is 1.36. The molecule has 1 aromatic heterocycles. The monoisotopic (exact) mass is 197 g/mol. The number of ether oxygens (including phenoxy) is 1. The third-order valence-corrected chi connectivity index (χ3v) is 1.93. The van der Waals surface area contributed by atoms with Crippen LogP contribution in [-0.2, 0) is 4.74 Å². The van der Waals surface area contributed by atoms with Gasteiger partial charge in [0.15, 0.2) is 0 Å². The number of nitrogens with one attached hydrogen (secondary N) is 1. The van der Waals surface area contributed by atoms with Crippen molar-refractivity contribution >= 4 is 5.91 Å². The maximum atomic E-state index is 11.6. The quantitative estimate of drug-likeness (QED) is 0.700. The van der Waals surface area contributed by atoms with Crippen LogP contribution in [0.2, 0.25) is 0 Å². The van der Waals surface area contributed by atoms with Crippen LogP contribution in [0.25, 0.3) is 0 Å². The molecule has 5 nitrogen and oxygen atoms in total. The number of nitrogens with zero attached hydrogens (tertiary/aromatic N) is 2. The summed E-state index contributed by atoms with van der Waals surface area (Å²) >= 11 is 0. The van der Waals surface area contributed by atoms with E-state index in [1.165, 1.54) is 6.20 Å². The van der Waals surface area contributed by atoms with Gasteiger partial charge in [0.05, 0.1) is 11.8 Å². The van der Waals surface area contributed by atoms with Crippen molar-refractivity contribution in [3.63, 3.8) is 0 Å². The first-order valence-electron chi connectivity index (χ1n) is 4.49. The molecule has 14 heavy (non-hydrogen) atoms. The highest BCUT2D eigenvalue weighted by Gasteiger charge is 2.11. The van der Waals surface area contributed by atoms with E-state index in [1.54, 1.807) is 25.3 Å². The molecule has 0 saturated heterocycles. The van der Waals surface area contributed by atoms with Gasteiger partial charge < -0.3 is 9.64 Å². The lowest BCUT2D eigenvalue weighted by Crippen LogP contribution is -2.28. The molecule has 0 fully saturated rings. The summed E-state index contributed by atoms with van der Waals surface area (Å²) in [6, 6.07) is 0. The summed E-state index contributed by atoms with van der Waals surface area (Å²) in [6.07, 6.45) is 3.96. The molecular formula is C9H15N3O2. The molecule has 0 aliphatic rings. The molecule has 0 saturated carbocycles. The van der Waals surface area contributed by atoms with Gasteiger partial charge in [0, 0.05) is 33.5 Å². The Kier molecular flexibility index (Phi) is 4.12. The van der Waals surface area contributed by atoms with Gasteiger partial charge in [-0.3, -0.25) is 9.89 Å². The van der Waals surface area contributed by atoms with Crippen molar-refractivity contribution in [1.82, 2.24) is 15.1 Å². The minimum Gasteiger partial charge on any atom is -0.385 e. The Bertz CT molecular complexity index is 272. The molecule has 1 rings (SSSR count). The van der Waals surface area contributed by atoms with E-state index in [1.807, 2.05) is 0 Å². The first-order valence-corrected chi connectivity index (χ1v) is 4.49. The zero-order chi connectivity index (χ0) is 10.4. The second-order valence-corrected chi connectivity index (χ2v) is 3.06. The summed E-state index contributed by atoms with van der Waals surface area (Å²) in [5.41, 5.74) is 0.588. The summed E-state index contributed by atoms with van der Waals surface area (Å²) in [7, 11) is 3.42. The molecule has 0 aliphatic heterocycles. The number of carbonyl (C=O) groups is 1. The topological polar surface area (TPSA) is 58.2 Å². The number of rotatable bonds is 5. The lowest BCUT2D eigenvalue weighted by atomic mass is 10.3. The molecular weight excluding hydrogens is 182 g/mol. The van der Waals surface area contributed by atoms with Crippen molar-refractivity contribution in [1.29, 1.82) is 0 Å². The van der Waals surface area contributed by atoms with Crippen LogP contribution in [0.3, 0.4) is 0 Å². The highest BCUT2D eigenvalue weighted by Crippen LogP contribution is 2.00. The SMILES string of the molecule is COCCCN(C)C(=O)c1cn[nH]c1. The van der Waals surface area contributed by atoms with Gasteiger partial charge in [-0.2, -0.15) is 5.10 Å². The molecule has 0 aliphatic carbocycles. The number of hydrogen-bond acceptors (Lipinski definition) is 3. The zero-order valence-electron chi connectivity index (χ0n) is 8.49. The maximum absolute atomic E-state index is 11.6. The van der Waals surface area contributed by atoms with Crippen molar-refractivity contribution < 1.29 is 9.53 Å². The molecule has 0 spiro atoms. The lowest BCUT2D eigenvalue weighted by Gasteiger charge is -2.15. The van der Waals surface area contributed by atoms with E-state index in [4.69, 9.17) is 4.74 Å². The summed E-state index contributed by atoms with van der Waals surface area (Å²) in [4.78, 5) is 13.3. The van der Waals surface area contributed by atoms with Crippen LogP contribution in [-0.4, -0.2) is 48.3 Å². The van der Waals surface area contributed by atoms with Gasteiger partial charge in [-0.05, 0) is 6.42 Å². The second kappa shape index (κ2) is 5.39. The minimum absolute atomic E-state index is 0.0187. The number of methoxy groups -OCH3 is 1. The first kappa shape index (κ1) is 10.7. The first-order chi connectivity index (χ1) is 6.75. The van der Waals surface area contributed by atoms with Gasteiger partial charge in [-0.1, -0.05) is 0 Å². The van der Waals surface area contributed by atoms with Crippen LogP contribution in [0.5, 0.6) is 0 Å². The number of H-pyrrole nitrogens is 1. The van der Waals surface area contributed by atoms with E-state index in [-0.39, 0.29) is 5.91 Å². The average Bonchev–Trinajstić information content (AvgIpc) is 2.69. The Morgan fingerprint density at radius 2 is 2.50 bits per heavy atom. The van der Waals surface area contributed by atoms with Gasteiger partial charge in [0.2, 0.25) is 0 Å². The Hall–Kier alpha value is -1.36. The smallest absolute Gasteiger partial charge is 0.256 e. The second-order valence-electron chi connectivity index (χ2n) is 3.06. The van der Waals surface area contributed by atoms with Crippen LogP contribution in [0.1, 0.15) is 16.8 Å². The van der Waals surface area contributed by atoms with E-state index in [2.05, 4.69) is 10.2 Å². The number of carbonyl (C=O) groups excluding carboxylic acids is 1. The highest BCUT2D eigenvalue weighted by molar-refractivity contribution is 5.93. The molecule has 0 atom stereocenters. The van der Waals surface area contributed by atoms with Crippen LogP contribution in [0.4, 0.5) is 0 Å². The van der Waals surface area contributed by atoms with Crippen molar-refractivity contribution in [2.24, 2.45) is 0 Å². The lowest BCUT2D eigenvalue weighted by molar-refractivity contribution is 0.0779. The van der Waals surface area contributed by atoms with Crippen molar-refractivity contribution in [2.75, 3.05) is 27.3 Å². The maximum Gasteiger partial charge on any atom is 0.256 e. The molecule has 1 N–H and O–H groups in total. The van der Waals surface area contributed by atoms with E-state index in [0.717, 1.165) is 6.42 Å².